The lowest BCUT2D eigenvalue weighted by Gasteiger charge is -2.22. The largest absolute Gasteiger partial charge is 0.321 e. The Morgan fingerprint density at radius 3 is 2.40 bits per heavy atom. The quantitative estimate of drug-likeness (QED) is 0.656. The van der Waals surface area contributed by atoms with Gasteiger partial charge in [0.25, 0.3) is 5.91 Å². The molecule has 0 aliphatic rings. The van der Waals surface area contributed by atoms with Gasteiger partial charge in [0.1, 0.15) is 0 Å². The highest BCUT2D eigenvalue weighted by atomic mass is 79.9. The van der Waals surface area contributed by atoms with Gasteiger partial charge in [-0.1, -0.05) is 39.0 Å². The van der Waals surface area contributed by atoms with Crippen molar-refractivity contribution in [1.29, 1.82) is 0 Å². The third-order valence-corrected chi connectivity index (χ3v) is 6.11. The van der Waals surface area contributed by atoms with Gasteiger partial charge in [-0.25, -0.2) is 0 Å². The Bertz CT molecular complexity index is 624. The molecule has 1 aromatic heterocycles. The van der Waals surface area contributed by atoms with Crippen molar-refractivity contribution < 1.29 is 4.79 Å². The zero-order valence-electron chi connectivity index (χ0n) is 11.5. The molecule has 0 unspecified atom stereocenters. The van der Waals surface area contributed by atoms with E-state index >= 15 is 0 Å². The molecule has 0 fully saturated rings. The number of hydrogen-bond donors (Lipinski definition) is 1. The number of nitrogens with one attached hydrogen (secondary N) is 1. The molecule has 2 rings (SSSR count). The van der Waals surface area contributed by atoms with Crippen molar-refractivity contribution in [2.75, 3.05) is 5.32 Å². The van der Waals surface area contributed by atoms with Crippen LogP contribution in [-0.4, -0.2) is 5.91 Å². The summed E-state index contributed by atoms with van der Waals surface area (Å²) in [6, 6.07) is 9.75. The van der Waals surface area contributed by atoms with E-state index < -0.39 is 0 Å². The first-order valence-corrected chi connectivity index (χ1v) is 8.55. The smallest absolute Gasteiger partial charge is 0.265 e. The van der Waals surface area contributed by atoms with E-state index in [2.05, 4.69) is 64.0 Å². The van der Waals surface area contributed by atoms with Crippen LogP contribution in [0.4, 0.5) is 5.69 Å². The van der Waals surface area contributed by atoms with E-state index in [1.807, 2.05) is 24.3 Å². The molecule has 20 heavy (non-hydrogen) atoms. The highest BCUT2D eigenvalue weighted by molar-refractivity contribution is 9.13. The van der Waals surface area contributed by atoms with Crippen molar-refractivity contribution in [3.05, 3.63) is 49.0 Å². The minimum atomic E-state index is -0.0851. The molecule has 106 valence electrons. The SMILES string of the molecule is CC(C)(C)c1ccccc1NC(=O)c1cc(Br)c(Br)s1. The number of amides is 1. The Hall–Kier alpha value is -0.650. The number of para-hydroxylation sites is 1. The van der Waals surface area contributed by atoms with Gasteiger partial charge < -0.3 is 5.32 Å². The Morgan fingerprint density at radius 1 is 1.20 bits per heavy atom. The molecular weight excluding hydrogens is 402 g/mol. The highest BCUT2D eigenvalue weighted by Gasteiger charge is 2.19. The van der Waals surface area contributed by atoms with Crippen LogP contribution in [0.2, 0.25) is 0 Å². The zero-order valence-corrected chi connectivity index (χ0v) is 15.4. The van der Waals surface area contributed by atoms with Gasteiger partial charge in [-0.2, -0.15) is 0 Å². The van der Waals surface area contributed by atoms with Crippen LogP contribution in [0, 0.1) is 0 Å². The fourth-order valence-corrected chi connectivity index (χ4v) is 3.82. The van der Waals surface area contributed by atoms with Gasteiger partial charge in [-0.3, -0.25) is 4.79 Å². The lowest BCUT2D eigenvalue weighted by molar-refractivity contribution is 0.103. The van der Waals surface area contributed by atoms with E-state index in [1.165, 1.54) is 11.3 Å². The molecule has 0 aliphatic carbocycles. The molecule has 0 saturated heterocycles. The predicted molar refractivity (Wildman–Crippen MR) is 92.8 cm³/mol. The van der Waals surface area contributed by atoms with Gasteiger partial charge in [-0.15, -0.1) is 11.3 Å². The fourth-order valence-electron chi connectivity index (χ4n) is 1.89. The Balaban J connectivity index is 2.29. The van der Waals surface area contributed by atoms with Crippen molar-refractivity contribution in [3.8, 4) is 0 Å². The third-order valence-electron chi connectivity index (χ3n) is 2.85. The molecule has 0 radical (unpaired) electrons. The van der Waals surface area contributed by atoms with Gasteiger partial charge in [0.15, 0.2) is 0 Å². The molecule has 0 bridgehead atoms. The summed E-state index contributed by atoms with van der Waals surface area (Å²) in [6.07, 6.45) is 0. The van der Waals surface area contributed by atoms with Gasteiger partial charge in [0.05, 0.1) is 8.66 Å². The van der Waals surface area contributed by atoms with Crippen molar-refractivity contribution in [2.24, 2.45) is 0 Å². The van der Waals surface area contributed by atoms with Crippen LogP contribution in [0.5, 0.6) is 0 Å². The van der Waals surface area contributed by atoms with E-state index in [4.69, 9.17) is 0 Å². The number of carbonyl (C=O) groups is 1. The lowest BCUT2D eigenvalue weighted by atomic mass is 9.86. The number of carbonyl (C=O) groups excluding carboxylic acids is 1. The van der Waals surface area contributed by atoms with Crippen molar-refractivity contribution in [1.82, 2.24) is 0 Å². The summed E-state index contributed by atoms with van der Waals surface area (Å²) in [4.78, 5) is 13.0. The van der Waals surface area contributed by atoms with E-state index in [9.17, 15) is 4.79 Å². The second-order valence-electron chi connectivity index (χ2n) is 5.48. The standard InChI is InChI=1S/C15H15Br2NOS/c1-15(2,3)9-6-4-5-7-11(9)18-14(19)12-8-10(16)13(17)20-12/h4-8H,1-3H3,(H,18,19). The topological polar surface area (TPSA) is 29.1 Å². The summed E-state index contributed by atoms with van der Waals surface area (Å²) in [6.45, 7) is 6.41. The minimum Gasteiger partial charge on any atom is -0.321 e. The molecule has 0 saturated carbocycles. The zero-order chi connectivity index (χ0) is 14.9. The van der Waals surface area contributed by atoms with Crippen LogP contribution >= 0.6 is 43.2 Å². The van der Waals surface area contributed by atoms with Gasteiger partial charge in [0.2, 0.25) is 0 Å². The lowest BCUT2D eigenvalue weighted by Crippen LogP contribution is -2.18. The summed E-state index contributed by atoms with van der Waals surface area (Å²) < 4.78 is 1.82. The second kappa shape index (κ2) is 6.00. The van der Waals surface area contributed by atoms with Crippen LogP contribution in [0.15, 0.2) is 38.6 Å². The first-order chi connectivity index (χ1) is 9.29. The summed E-state index contributed by atoms with van der Waals surface area (Å²) in [5.41, 5.74) is 1.98. The molecule has 1 N–H and O–H groups in total. The molecular formula is C15H15Br2NOS. The van der Waals surface area contributed by atoms with Crippen LogP contribution in [0.3, 0.4) is 0 Å². The maximum absolute atomic E-state index is 12.3. The number of anilines is 1. The molecule has 1 amide bonds. The summed E-state index contributed by atoms with van der Waals surface area (Å²) in [7, 11) is 0. The van der Waals surface area contributed by atoms with E-state index in [-0.39, 0.29) is 11.3 Å². The van der Waals surface area contributed by atoms with Gasteiger partial charge in [-0.05, 0) is 55.0 Å². The normalized spacial score (nSPS) is 11.4. The number of thiophene rings is 1. The fraction of sp³-hybridized carbons (Fsp3) is 0.267. The van der Waals surface area contributed by atoms with Crippen molar-refractivity contribution in [3.63, 3.8) is 0 Å². The molecule has 0 atom stereocenters. The number of rotatable bonds is 2. The van der Waals surface area contributed by atoms with Crippen molar-refractivity contribution in [2.45, 2.75) is 26.2 Å². The minimum absolute atomic E-state index is 0.0134. The van der Waals surface area contributed by atoms with Gasteiger partial charge >= 0.3 is 0 Å². The van der Waals surface area contributed by atoms with Crippen LogP contribution < -0.4 is 5.32 Å². The van der Waals surface area contributed by atoms with Crippen LogP contribution in [0.25, 0.3) is 0 Å². The molecule has 1 aromatic carbocycles. The number of hydrogen-bond acceptors (Lipinski definition) is 2. The molecule has 1 heterocycles. The molecule has 2 nitrogen and oxygen atoms in total. The Morgan fingerprint density at radius 2 is 1.85 bits per heavy atom. The highest BCUT2D eigenvalue weighted by Crippen LogP contribution is 2.34. The van der Waals surface area contributed by atoms with Crippen molar-refractivity contribution >= 4 is 54.8 Å². The van der Waals surface area contributed by atoms with Gasteiger partial charge in [0, 0.05) is 10.2 Å². The first-order valence-electron chi connectivity index (χ1n) is 6.15. The van der Waals surface area contributed by atoms with E-state index in [1.54, 1.807) is 0 Å². The van der Waals surface area contributed by atoms with E-state index in [0.717, 1.165) is 19.5 Å². The maximum Gasteiger partial charge on any atom is 0.265 e. The van der Waals surface area contributed by atoms with Crippen LogP contribution in [-0.2, 0) is 5.41 Å². The summed E-state index contributed by atoms with van der Waals surface area (Å²) >= 11 is 8.22. The third kappa shape index (κ3) is 3.51. The molecule has 2 aromatic rings. The Labute approximate surface area is 139 Å². The van der Waals surface area contributed by atoms with Crippen LogP contribution in [0.1, 0.15) is 36.0 Å². The number of halogens is 2. The Kier molecular flexibility index (Phi) is 4.72. The number of benzene rings is 1. The first kappa shape index (κ1) is 15.7. The average molecular weight is 417 g/mol. The second-order valence-corrected chi connectivity index (χ2v) is 8.71. The van der Waals surface area contributed by atoms with E-state index in [0.29, 0.717) is 4.88 Å². The maximum atomic E-state index is 12.3. The molecule has 5 heteroatoms. The summed E-state index contributed by atoms with van der Waals surface area (Å²) in [5, 5.41) is 3.00. The summed E-state index contributed by atoms with van der Waals surface area (Å²) in [5.74, 6) is -0.0851. The average Bonchev–Trinajstić information content (AvgIpc) is 2.69. The monoisotopic (exact) mass is 415 g/mol. The molecule has 0 spiro atoms. The molecule has 0 aliphatic heterocycles. The predicted octanol–water partition coefficient (Wildman–Crippen LogP) is 5.82.